The number of carbonyl (C=O) groups excluding carboxylic acids is 1. The lowest BCUT2D eigenvalue weighted by molar-refractivity contribution is 0.112. The molecule has 0 unspecified atom stereocenters. The van der Waals surface area contributed by atoms with Crippen LogP contribution in [0.5, 0.6) is 0 Å². The minimum atomic E-state index is 0.480. The highest BCUT2D eigenvalue weighted by Gasteiger charge is 2.12. The quantitative estimate of drug-likeness (QED) is 0.693. The largest absolute Gasteiger partial charge is 0.298 e. The Morgan fingerprint density at radius 3 is 2.70 bits per heavy atom. The first-order valence-electron chi connectivity index (χ1n) is 5.86. The summed E-state index contributed by atoms with van der Waals surface area (Å²) >= 11 is 3.33. The van der Waals surface area contributed by atoms with Crippen LogP contribution in [0.1, 0.15) is 10.4 Å². The van der Waals surface area contributed by atoms with Gasteiger partial charge in [0.15, 0.2) is 12.1 Å². The zero-order valence-electron chi connectivity index (χ0n) is 10.3. The molecule has 3 heterocycles. The average molecular weight is 329 g/mol. The molecule has 3 aromatic heterocycles. The number of carbonyl (C=O) groups is 1. The van der Waals surface area contributed by atoms with E-state index in [-0.39, 0.29) is 0 Å². The molecule has 3 rings (SSSR count). The number of aromatic nitrogens is 4. The highest BCUT2D eigenvalue weighted by atomic mass is 79.9. The molecular formula is C14H9BrN4O. The van der Waals surface area contributed by atoms with Crippen LogP contribution < -0.4 is 0 Å². The Kier molecular flexibility index (Phi) is 3.39. The van der Waals surface area contributed by atoms with Crippen molar-refractivity contribution in [3.8, 4) is 17.2 Å². The fourth-order valence-corrected chi connectivity index (χ4v) is 2.03. The monoisotopic (exact) mass is 328 g/mol. The van der Waals surface area contributed by atoms with E-state index in [2.05, 4.69) is 31.0 Å². The van der Waals surface area contributed by atoms with E-state index in [0.29, 0.717) is 22.8 Å². The number of rotatable bonds is 3. The summed E-state index contributed by atoms with van der Waals surface area (Å²) in [6.45, 7) is 0. The topological polar surface area (TPSA) is 60.7 Å². The molecule has 0 saturated heterocycles. The molecule has 0 radical (unpaired) electrons. The van der Waals surface area contributed by atoms with Crippen LogP contribution in [0.3, 0.4) is 0 Å². The number of nitrogens with zero attached hydrogens (tertiary/aromatic N) is 4. The standard InChI is InChI=1S/C14H9BrN4O/c15-11-4-5-13(17-7-11)19-8-10(9-20)14(18-19)12-3-1-2-6-16-12/h1-9H. The van der Waals surface area contributed by atoms with Crippen molar-refractivity contribution in [2.24, 2.45) is 0 Å². The molecule has 0 bridgehead atoms. The van der Waals surface area contributed by atoms with Gasteiger partial charge in [-0.1, -0.05) is 6.07 Å². The molecule has 0 aliphatic rings. The van der Waals surface area contributed by atoms with Gasteiger partial charge in [-0.2, -0.15) is 5.10 Å². The van der Waals surface area contributed by atoms with Crippen LogP contribution in [0.4, 0.5) is 0 Å². The third-order valence-corrected chi connectivity index (χ3v) is 3.19. The molecule has 20 heavy (non-hydrogen) atoms. The second-order valence-corrected chi connectivity index (χ2v) is 4.96. The van der Waals surface area contributed by atoms with Crippen LogP contribution in [0.2, 0.25) is 0 Å². The van der Waals surface area contributed by atoms with E-state index in [1.807, 2.05) is 30.3 Å². The fourth-order valence-electron chi connectivity index (χ4n) is 1.80. The number of hydrogen-bond donors (Lipinski definition) is 0. The Hall–Kier alpha value is -2.34. The molecule has 0 fully saturated rings. The summed E-state index contributed by atoms with van der Waals surface area (Å²) in [6.07, 6.45) is 5.76. The SMILES string of the molecule is O=Cc1cn(-c2ccc(Br)cn2)nc1-c1ccccn1. The molecule has 0 N–H and O–H groups in total. The first-order valence-corrected chi connectivity index (χ1v) is 6.65. The lowest BCUT2D eigenvalue weighted by Crippen LogP contribution is -1.97. The van der Waals surface area contributed by atoms with Crippen LogP contribution in [0.25, 0.3) is 17.2 Å². The Morgan fingerprint density at radius 1 is 1.15 bits per heavy atom. The van der Waals surface area contributed by atoms with Crippen molar-refractivity contribution in [1.29, 1.82) is 0 Å². The molecule has 0 aliphatic heterocycles. The minimum absolute atomic E-state index is 0.480. The molecule has 0 aliphatic carbocycles. The van der Waals surface area contributed by atoms with Gasteiger partial charge in [-0.15, -0.1) is 0 Å². The highest BCUT2D eigenvalue weighted by Crippen LogP contribution is 2.20. The fraction of sp³-hybridized carbons (Fsp3) is 0. The van der Waals surface area contributed by atoms with Gasteiger partial charge >= 0.3 is 0 Å². The van der Waals surface area contributed by atoms with Gasteiger partial charge in [0.05, 0.1) is 11.3 Å². The Morgan fingerprint density at radius 2 is 2.05 bits per heavy atom. The van der Waals surface area contributed by atoms with Gasteiger partial charge in [-0.05, 0) is 40.2 Å². The van der Waals surface area contributed by atoms with Gasteiger partial charge in [0, 0.05) is 23.1 Å². The first-order chi connectivity index (χ1) is 9.78. The van der Waals surface area contributed by atoms with Crippen molar-refractivity contribution in [3.63, 3.8) is 0 Å². The molecule has 0 spiro atoms. The van der Waals surface area contributed by atoms with E-state index < -0.39 is 0 Å². The normalized spacial score (nSPS) is 10.4. The van der Waals surface area contributed by atoms with Gasteiger partial charge in [0.25, 0.3) is 0 Å². The number of pyridine rings is 2. The number of halogens is 1. The molecule has 0 amide bonds. The van der Waals surface area contributed by atoms with E-state index in [1.165, 1.54) is 0 Å². The van der Waals surface area contributed by atoms with Crippen LogP contribution in [-0.4, -0.2) is 26.0 Å². The highest BCUT2D eigenvalue weighted by molar-refractivity contribution is 9.10. The van der Waals surface area contributed by atoms with Gasteiger partial charge in [-0.3, -0.25) is 9.78 Å². The maximum Gasteiger partial charge on any atom is 0.153 e. The second-order valence-electron chi connectivity index (χ2n) is 4.05. The van der Waals surface area contributed by atoms with E-state index in [0.717, 1.165) is 10.8 Å². The van der Waals surface area contributed by atoms with Gasteiger partial charge in [0.1, 0.15) is 5.69 Å². The number of hydrogen-bond acceptors (Lipinski definition) is 4. The van der Waals surface area contributed by atoms with Gasteiger partial charge in [0.2, 0.25) is 0 Å². The van der Waals surface area contributed by atoms with E-state index in [4.69, 9.17) is 0 Å². The maximum absolute atomic E-state index is 11.2. The summed E-state index contributed by atoms with van der Waals surface area (Å²) in [5.41, 5.74) is 1.68. The molecule has 98 valence electrons. The lowest BCUT2D eigenvalue weighted by atomic mass is 10.2. The smallest absolute Gasteiger partial charge is 0.153 e. The summed E-state index contributed by atoms with van der Waals surface area (Å²) in [4.78, 5) is 19.7. The van der Waals surface area contributed by atoms with Crippen molar-refractivity contribution in [1.82, 2.24) is 19.7 Å². The van der Waals surface area contributed by atoms with Crippen LogP contribution in [0, 0.1) is 0 Å². The summed E-state index contributed by atoms with van der Waals surface area (Å²) in [7, 11) is 0. The summed E-state index contributed by atoms with van der Waals surface area (Å²) < 4.78 is 2.45. The van der Waals surface area contributed by atoms with Crippen molar-refractivity contribution >= 4 is 22.2 Å². The second kappa shape index (κ2) is 5.34. The maximum atomic E-state index is 11.2. The lowest BCUT2D eigenvalue weighted by Gasteiger charge is -1.99. The zero-order valence-corrected chi connectivity index (χ0v) is 11.9. The van der Waals surface area contributed by atoms with Gasteiger partial charge < -0.3 is 0 Å². The Balaban J connectivity index is 2.09. The molecule has 6 heteroatoms. The first kappa shape index (κ1) is 12.7. The van der Waals surface area contributed by atoms with Gasteiger partial charge in [-0.25, -0.2) is 9.67 Å². The molecule has 0 aromatic carbocycles. The third-order valence-electron chi connectivity index (χ3n) is 2.72. The van der Waals surface area contributed by atoms with Crippen molar-refractivity contribution in [2.45, 2.75) is 0 Å². The third kappa shape index (κ3) is 2.37. The van der Waals surface area contributed by atoms with Crippen molar-refractivity contribution in [2.75, 3.05) is 0 Å². The molecule has 0 saturated carbocycles. The zero-order chi connectivity index (χ0) is 13.9. The summed E-state index contributed by atoms with van der Waals surface area (Å²) in [5.74, 6) is 0.637. The molecule has 3 aromatic rings. The van der Waals surface area contributed by atoms with E-state index in [1.54, 1.807) is 23.3 Å². The summed E-state index contributed by atoms with van der Waals surface area (Å²) in [6, 6.07) is 9.17. The van der Waals surface area contributed by atoms with E-state index in [9.17, 15) is 4.79 Å². The average Bonchev–Trinajstić information content (AvgIpc) is 2.93. The van der Waals surface area contributed by atoms with Crippen molar-refractivity contribution < 1.29 is 4.79 Å². The van der Waals surface area contributed by atoms with E-state index >= 15 is 0 Å². The van der Waals surface area contributed by atoms with Crippen LogP contribution >= 0.6 is 15.9 Å². The molecular weight excluding hydrogens is 320 g/mol. The van der Waals surface area contributed by atoms with Crippen LogP contribution in [0.15, 0.2) is 53.4 Å². The minimum Gasteiger partial charge on any atom is -0.298 e. The Bertz CT molecular complexity index is 738. The molecule has 5 nitrogen and oxygen atoms in total. The predicted octanol–water partition coefficient (Wildman–Crippen LogP) is 2.90. The van der Waals surface area contributed by atoms with Crippen LogP contribution in [-0.2, 0) is 0 Å². The summed E-state index contributed by atoms with van der Waals surface area (Å²) in [5, 5.41) is 4.40. The van der Waals surface area contributed by atoms with Crippen molar-refractivity contribution in [3.05, 3.63) is 59.0 Å². The number of aldehydes is 1. The predicted molar refractivity (Wildman–Crippen MR) is 77.7 cm³/mol. The Labute approximate surface area is 123 Å². The molecule has 0 atom stereocenters.